The first-order valence-electron chi connectivity index (χ1n) is 8.37. The number of hydrogen-bond donors (Lipinski definition) is 1. The predicted octanol–water partition coefficient (Wildman–Crippen LogP) is 3.28. The largest absolute Gasteiger partial charge is 0.371 e. The van der Waals surface area contributed by atoms with Gasteiger partial charge in [-0.25, -0.2) is 0 Å². The van der Waals surface area contributed by atoms with Crippen LogP contribution in [0, 0.1) is 0 Å². The molecule has 1 fully saturated rings. The number of benzene rings is 2. The minimum absolute atomic E-state index is 0.0580. The van der Waals surface area contributed by atoms with Crippen molar-refractivity contribution < 1.29 is 19.3 Å². The van der Waals surface area contributed by atoms with Gasteiger partial charge in [-0.05, 0) is 18.1 Å². The average molecular weight is 328 g/mol. The van der Waals surface area contributed by atoms with Crippen LogP contribution in [0.2, 0.25) is 0 Å². The van der Waals surface area contributed by atoms with E-state index in [0.29, 0.717) is 19.6 Å². The van der Waals surface area contributed by atoms with E-state index in [0.717, 1.165) is 11.1 Å². The maximum Gasteiger partial charge on any atom is 0.184 e. The number of aliphatic hydroxyl groups is 1. The Bertz CT molecular complexity index is 602. The van der Waals surface area contributed by atoms with Crippen molar-refractivity contribution in [3.05, 3.63) is 71.8 Å². The van der Waals surface area contributed by atoms with Crippen LogP contribution in [-0.4, -0.2) is 29.7 Å². The fraction of sp³-hybridized carbons (Fsp3) is 0.400. The molecule has 0 spiro atoms. The predicted molar refractivity (Wildman–Crippen MR) is 91.2 cm³/mol. The zero-order chi connectivity index (χ0) is 16.8. The Hall–Kier alpha value is -1.72. The standard InChI is InChI=1S/C20H24O4/c1-15-12-18(22-13-16-8-4-2-5-9-16)19(20(21)24-15)23-14-17-10-6-3-7-11-17/h2-11,15,18-21H,12-14H2,1H3. The summed E-state index contributed by atoms with van der Waals surface area (Å²) in [5.74, 6) is 0. The Kier molecular flexibility index (Phi) is 5.99. The number of rotatable bonds is 6. The van der Waals surface area contributed by atoms with Gasteiger partial charge in [0.2, 0.25) is 0 Å². The SMILES string of the molecule is CC1CC(OCc2ccccc2)C(OCc2ccccc2)C(O)O1. The van der Waals surface area contributed by atoms with Gasteiger partial charge in [-0.2, -0.15) is 0 Å². The minimum Gasteiger partial charge on any atom is -0.371 e. The highest BCUT2D eigenvalue weighted by molar-refractivity contribution is 5.14. The van der Waals surface area contributed by atoms with Crippen LogP contribution in [0.4, 0.5) is 0 Å². The number of aliphatic hydroxyl groups excluding tert-OH is 1. The normalized spacial score (nSPS) is 27.1. The molecule has 4 unspecified atom stereocenters. The van der Waals surface area contributed by atoms with Gasteiger partial charge in [0.25, 0.3) is 0 Å². The Labute approximate surface area is 143 Å². The Morgan fingerprint density at radius 3 is 2.04 bits per heavy atom. The lowest BCUT2D eigenvalue weighted by atomic mass is 10.0. The summed E-state index contributed by atoms with van der Waals surface area (Å²) in [6, 6.07) is 19.9. The van der Waals surface area contributed by atoms with Crippen molar-refractivity contribution in [2.45, 2.75) is 51.2 Å². The first-order chi connectivity index (χ1) is 11.7. The van der Waals surface area contributed by atoms with Crippen LogP contribution >= 0.6 is 0 Å². The third-order valence-electron chi connectivity index (χ3n) is 4.18. The topological polar surface area (TPSA) is 47.9 Å². The molecular weight excluding hydrogens is 304 g/mol. The van der Waals surface area contributed by atoms with E-state index in [4.69, 9.17) is 14.2 Å². The molecule has 4 atom stereocenters. The molecule has 0 amide bonds. The zero-order valence-corrected chi connectivity index (χ0v) is 13.9. The Balaban J connectivity index is 1.61. The molecule has 0 aliphatic carbocycles. The molecular formula is C20H24O4. The molecule has 4 heteroatoms. The molecule has 3 rings (SSSR count). The zero-order valence-electron chi connectivity index (χ0n) is 13.9. The summed E-state index contributed by atoms with van der Waals surface area (Å²) >= 11 is 0. The quantitative estimate of drug-likeness (QED) is 0.884. The van der Waals surface area contributed by atoms with E-state index < -0.39 is 12.4 Å². The molecule has 1 aliphatic rings. The van der Waals surface area contributed by atoms with E-state index in [9.17, 15) is 5.11 Å². The minimum atomic E-state index is -0.974. The molecule has 0 aromatic heterocycles. The van der Waals surface area contributed by atoms with Gasteiger partial charge in [-0.15, -0.1) is 0 Å². The summed E-state index contributed by atoms with van der Waals surface area (Å²) in [6.07, 6.45) is -1.03. The van der Waals surface area contributed by atoms with Gasteiger partial charge in [0, 0.05) is 6.42 Å². The molecule has 1 saturated heterocycles. The van der Waals surface area contributed by atoms with Gasteiger partial charge in [0.1, 0.15) is 6.10 Å². The Morgan fingerprint density at radius 1 is 0.917 bits per heavy atom. The summed E-state index contributed by atoms with van der Waals surface area (Å²) in [5, 5.41) is 10.3. The van der Waals surface area contributed by atoms with Crippen LogP contribution in [0.15, 0.2) is 60.7 Å². The number of ether oxygens (including phenoxy) is 3. The smallest absolute Gasteiger partial charge is 0.184 e. The van der Waals surface area contributed by atoms with E-state index >= 15 is 0 Å². The highest BCUT2D eigenvalue weighted by Crippen LogP contribution is 2.25. The first-order valence-corrected chi connectivity index (χ1v) is 8.37. The molecule has 4 nitrogen and oxygen atoms in total. The summed E-state index contributed by atoms with van der Waals surface area (Å²) in [4.78, 5) is 0. The molecule has 0 saturated carbocycles. The van der Waals surface area contributed by atoms with Crippen LogP contribution in [0.1, 0.15) is 24.5 Å². The highest BCUT2D eigenvalue weighted by Gasteiger charge is 2.38. The number of hydrogen-bond acceptors (Lipinski definition) is 4. The maximum absolute atomic E-state index is 10.3. The molecule has 1 heterocycles. The van der Waals surface area contributed by atoms with Crippen molar-refractivity contribution >= 4 is 0 Å². The van der Waals surface area contributed by atoms with Gasteiger partial charge >= 0.3 is 0 Å². The summed E-state index contributed by atoms with van der Waals surface area (Å²) in [5.41, 5.74) is 2.16. The molecule has 24 heavy (non-hydrogen) atoms. The van der Waals surface area contributed by atoms with E-state index in [1.54, 1.807) is 0 Å². The molecule has 1 aliphatic heterocycles. The van der Waals surface area contributed by atoms with Gasteiger partial charge in [0.05, 0.1) is 25.4 Å². The fourth-order valence-electron chi connectivity index (χ4n) is 2.91. The molecule has 128 valence electrons. The molecule has 0 bridgehead atoms. The second-order valence-corrected chi connectivity index (χ2v) is 6.17. The van der Waals surface area contributed by atoms with Crippen molar-refractivity contribution in [1.82, 2.24) is 0 Å². The highest BCUT2D eigenvalue weighted by atomic mass is 16.7. The van der Waals surface area contributed by atoms with Crippen molar-refractivity contribution in [3.63, 3.8) is 0 Å². The van der Waals surface area contributed by atoms with Crippen molar-refractivity contribution in [1.29, 1.82) is 0 Å². The maximum atomic E-state index is 10.3. The van der Waals surface area contributed by atoms with Crippen LogP contribution < -0.4 is 0 Å². The van der Waals surface area contributed by atoms with Crippen molar-refractivity contribution in [2.75, 3.05) is 0 Å². The Morgan fingerprint density at radius 2 is 1.46 bits per heavy atom. The van der Waals surface area contributed by atoms with Gasteiger partial charge in [-0.3, -0.25) is 0 Å². The van der Waals surface area contributed by atoms with E-state index in [2.05, 4.69) is 0 Å². The van der Waals surface area contributed by atoms with E-state index in [-0.39, 0.29) is 12.2 Å². The van der Waals surface area contributed by atoms with Gasteiger partial charge < -0.3 is 19.3 Å². The van der Waals surface area contributed by atoms with Crippen LogP contribution in [0.25, 0.3) is 0 Å². The lowest BCUT2D eigenvalue weighted by molar-refractivity contribution is -0.268. The van der Waals surface area contributed by atoms with Crippen molar-refractivity contribution in [2.24, 2.45) is 0 Å². The van der Waals surface area contributed by atoms with Gasteiger partial charge in [0.15, 0.2) is 6.29 Å². The third-order valence-corrected chi connectivity index (χ3v) is 4.18. The van der Waals surface area contributed by atoms with Crippen LogP contribution in [-0.2, 0) is 27.4 Å². The summed E-state index contributed by atoms with van der Waals surface area (Å²) in [6.45, 7) is 2.86. The second-order valence-electron chi connectivity index (χ2n) is 6.17. The average Bonchev–Trinajstić information content (AvgIpc) is 2.61. The fourth-order valence-corrected chi connectivity index (χ4v) is 2.91. The van der Waals surface area contributed by atoms with Crippen LogP contribution in [0.3, 0.4) is 0 Å². The van der Waals surface area contributed by atoms with Crippen molar-refractivity contribution in [3.8, 4) is 0 Å². The van der Waals surface area contributed by atoms with Gasteiger partial charge in [-0.1, -0.05) is 60.7 Å². The van der Waals surface area contributed by atoms with E-state index in [1.165, 1.54) is 0 Å². The third kappa shape index (κ3) is 4.65. The summed E-state index contributed by atoms with van der Waals surface area (Å²) < 4.78 is 17.5. The lowest BCUT2D eigenvalue weighted by Gasteiger charge is -2.38. The molecule has 1 N–H and O–H groups in total. The van der Waals surface area contributed by atoms with E-state index in [1.807, 2.05) is 67.6 Å². The summed E-state index contributed by atoms with van der Waals surface area (Å²) in [7, 11) is 0. The molecule has 2 aromatic carbocycles. The molecule has 2 aromatic rings. The first kappa shape index (κ1) is 17.1. The second kappa shape index (κ2) is 8.40. The van der Waals surface area contributed by atoms with Crippen LogP contribution in [0.5, 0.6) is 0 Å². The molecule has 0 radical (unpaired) electrons. The lowest BCUT2D eigenvalue weighted by Crippen LogP contribution is -2.49. The monoisotopic (exact) mass is 328 g/mol.